The van der Waals surface area contributed by atoms with E-state index in [1.807, 2.05) is 0 Å². The van der Waals surface area contributed by atoms with E-state index in [4.69, 9.17) is 0 Å². The molecule has 0 spiro atoms. The quantitative estimate of drug-likeness (QED) is 0.917. The zero-order valence-electron chi connectivity index (χ0n) is 12.3. The Morgan fingerprint density at radius 2 is 2.00 bits per heavy atom. The van der Waals surface area contributed by atoms with Crippen molar-refractivity contribution in [2.24, 2.45) is 0 Å². The Balaban J connectivity index is 1.67. The van der Waals surface area contributed by atoms with E-state index >= 15 is 0 Å². The highest BCUT2D eigenvalue weighted by Crippen LogP contribution is 2.19. The van der Waals surface area contributed by atoms with Crippen LogP contribution in [0.3, 0.4) is 0 Å². The molecule has 2 heteroatoms. The van der Waals surface area contributed by atoms with Gasteiger partial charge in [-0.3, -0.25) is 0 Å². The Labute approximate surface area is 121 Å². The van der Waals surface area contributed by atoms with Crippen LogP contribution in [0.5, 0.6) is 0 Å². The van der Waals surface area contributed by atoms with Crippen LogP contribution in [-0.2, 0) is 6.42 Å². The molecule has 0 bridgehead atoms. The largest absolute Gasteiger partial charge is 0.315 e. The molecule has 0 radical (unpaired) electrons. The van der Waals surface area contributed by atoms with Gasteiger partial charge in [0.25, 0.3) is 0 Å². The van der Waals surface area contributed by atoms with Crippen molar-refractivity contribution in [1.82, 2.24) is 10.2 Å². The Morgan fingerprint density at radius 1 is 1.15 bits per heavy atom. The summed E-state index contributed by atoms with van der Waals surface area (Å²) in [5, 5.41) is 6.26. The van der Waals surface area contributed by atoms with Gasteiger partial charge in [-0.25, -0.2) is 0 Å². The second kappa shape index (κ2) is 6.38. The third kappa shape index (κ3) is 3.02. The highest BCUT2D eigenvalue weighted by atomic mass is 15.2. The van der Waals surface area contributed by atoms with Crippen molar-refractivity contribution in [3.05, 3.63) is 48.0 Å². The fourth-order valence-electron chi connectivity index (χ4n) is 3.20. The molecule has 1 atom stereocenters. The summed E-state index contributed by atoms with van der Waals surface area (Å²) in [5.74, 6) is 0. The summed E-state index contributed by atoms with van der Waals surface area (Å²) < 4.78 is 0. The predicted octanol–water partition coefficient (Wildman–Crippen LogP) is 3.07. The Bertz CT molecular complexity index is 553. The number of fused-ring (bicyclic) bond motifs is 1. The molecule has 1 N–H and O–H groups in total. The molecule has 3 rings (SSSR count). The van der Waals surface area contributed by atoms with Crippen LogP contribution in [0.2, 0.25) is 0 Å². The zero-order valence-corrected chi connectivity index (χ0v) is 12.3. The third-order valence-electron chi connectivity index (χ3n) is 4.51. The van der Waals surface area contributed by atoms with Crippen LogP contribution in [0, 0.1) is 0 Å². The van der Waals surface area contributed by atoms with Gasteiger partial charge in [0.05, 0.1) is 0 Å². The molecule has 0 aliphatic carbocycles. The van der Waals surface area contributed by atoms with Gasteiger partial charge in [0.2, 0.25) is 0 Å². The summed E-state index contributed by atoms with van der Waals surface area (Å²) in [4.78, 5) is 2.52. The van der Waals surface area contributed by atoms with E-state index in [1.165, 1.54) is 35.7 Å². The monoisotopic (exact) mass is 268 g/mol. The van der Waals surface area contributed by atoms with Crippen molar-refractivity contribution in [3.63, 3.8) is 0 Å². The summed E-state index contributed by atoms with van der Waals surface area (Å²) >= 11 is 0. The van der Waals surface area contributed by atoms with E-state index in [-0.39, 0.29) is 0 Å². The van der Waals surface area contributed by atoms with Crippen molar-refractivity contribution in [2.75, 3.05) is 26.7 Å². The summed E-state index contributed by atoms with van der Waals surface area (Å²) in [6, 6.07) is 16.1. The van der Waals surface area contributed by atoms with E-state index in [0.717, 1.165) is 19.5 Å². The maximum absolute atomic E-state index is 3.50. The minimum Gasteiger partial charge on any atom is -0.315 e. The number of piperidine rings is 1. The van der Waals surface area contributed by atoms with Crippen molar-refractivity contribution < 1.29 is 0 Å². The second-order valence-corrected chi connectivity index (χ2v) is 5.87. The average molecular weight is 268 g/mol. The van der Waals surface area contributed by atoms with Crippen molar-refractivity contribution in [2.45, 2.75) is 25.3 Å². The minimum atomic E-state index is 0.707. The van der Waals surface area contributed by atoms with Gasteiger partial charge < -0.3 is 10.2 Å². The lowest BCUT2D eigenvalue weighted by molar-refractivity contribution is 0.205. The van der Waals surface area contributed by atoms with E-state index in [9.17, 15) is 0 Å². The lowest BCUT2D eigenvalue weighted by Gasteiger charge is -2.31. The number of likely N-dealkylation sites (N-methyl/N-ethyl adjacent to an activating group) is 1. The molecule has 0 aromatic heterocycles. The lowest BCUT2D eigenvalue weighted by Crippen LogP contribution is -2.44. The number of nitrogens with zero attached hydrogens (tertiary/aromatic N) is 1. The van der Waals surface area contributed by atoms with Gasteiger partial charge in [-0.1, -0.05) is 42.5 Å². The summed E-state index contributed by atoms with van der Waals surface area (Å²) in [7, 11) is 2.27. The molecular formula is C18H24N2. The maximum atomic E-state index is 3.50. The van der Waals surface area contributed by atoms with Gasteiger partial charge in [0.15, 0.2) is 0 Å². The normalized spacial score (nSPS) is 19.6. The van der Waals surface area contributed by atoms with Gasteiger partial charge in [0.1, 0.15) is 0 Å². The van der Waals surface area contributed by atoms with E-state index < -0.39 is 0 Å². The smallest absolute Gasteiger partial charge is 0.0218 e. The standard InChI is InChI=1S/C18H24N2/c1-20(17-9-5-12-19-14-17)13-11-16-8-4-7-15-6-2-3-10-18(15)16/h2-4,6-8,10,17,19H,5,9,11-14H2,1H3. The van der Waals surface area contributed by atoms with Crippen LogP contribution in [0.1, 0.15) is 18.4 Å². The SMILES string of the molecule is CN(CCc1cccc2ccccc12)C1CCCNC1. The molecule has 1 aliphatic rings. The fourth-order valence-corrected chi connectivity index (χ4v) is 3.20. The first-order valence-corrected chi connectivity index (χ1v) is 7.72. The van der Waals surface area contributed by atoms with Crippen LogP contribution in [0.15, 0.2) is 42.5 Å². The van der Waals surface area contributed by atoms with Crippen LogP contribution in [-0.4, -0.2) is 37.6 Å². The molecule has 2 aromatic rings. The van der Waals surface area contributed by atoms with Crippen LogP contribution in [0.25, 0.3) is 10.8 Å². The predicted molar refractivity (Wildman–Crippen MR) is 86.2 cm³/mol. The van der Waals surface area contributed by atoms with E-state index in [1.54, 1.807) is 0 Å². The maximum Gasteiger partial charge on any atom is 0.0218 e. The van der Waals surface area contributed by atoms with Gasteiger partial charge in [0, 0.05) is 19.1 Å². The number of benzene rings is 2. The van der Waals surface area contributed by atoms with Crippen LogP contribution >= 0.6 is 0 Å². The Kier molecular flexibility index (Phi) is 4.34. The molecule has 106 valence electrons. The molecule has 20 heavy (non-hydrogen) atoms. The number of hydrogen-bond donors (Lipinski definition) is 1. The molecular weight excluding hydrogens is 244 g/mol. The average Bonchev–Trinajstić information content (AvgIpc) is 2.53. The molecule has 2 aromatic carbocycles. The first-order valence-electron chi connectivity index (χ1n) is 7.72. The molecule has 2 nitrogen and oxygen atoms in total. The van der Waals surface area contributed by atoms with Gasteiger partial charge in [-0.05, 0) is 49.2 Å². The molecule has 0 saturated carbocycles. The highest BCUT2D eigenvalue weighted by molar-refractivity contribution is 5.85. The molecule has 1 aliphatic heterocycles. The molecule has 1 unspecified atom stereocenters. The Morgan fingerprint density at radius 3 is 2.85 bits per heavy atom. The highest BCUT2D eigenvalue weighted by Gasteiger charge is 2.17. The van der Waals surface area contributed by atoms with Crippen molar-refractivity contribution >= 4 is 10.8 Å². The minimum absolute atomic E-state index is 0.707. The summed E-state index contributed by atoms with van der Waals surface area (Å²) in [5.41, 5.74) is 1.47. The molecule has 1 saturated heterocycles. The van der Waals surface area contributed by atoms with Gasteiger partial charge in [-0.2, -0.15) is 0 Å². The summed E-state index contributed by atoms with van der Waals surface area (Å²) in [6.45, 7) is 3.47. The summed E-state index contributed by atoms with van der Waals surface area (Å²) in [6.07, 6.45) is 3.77. The molecule has 1 heterocycles. The van der Waals surface area contributed by atoms with E-state index in [0.29, 0.717) is 6.04 Å². The first-order chi connectivity index (χ1) is 9.84. The van der Waals surface area contributed by atoms with Gasteiger partial charge in [-0.15, -0.1) is 0 Å². The topological polar surface area (TPSA) is 15.3 Å². The lowest BCUT2D eigenvalue weighted by atomic mass is 10.0. The number of rotatable bonds is 4. The molecule has 1 fully saturated rings. The second-order valence-electron chi connectivity index (χ2n) is 5.87. The molecule has 0 amide bonds. The zero-order chi connectivity index (χ0) is 13.8. The number of hydrogen-bond acceptors (Lipinski definition) is 2. The van der Waals surface area contributed by atoms with Crippen LogP contribution < -0.4 is 5.32 Å². The van der Waals surface area contributed by atoms with Crippen LogP contribution in [0.4, 0.5) is 0 Å². The van der Waals surface area contributed by atoms with Crippen molar-refractivity contribution in [1.29, 1.82) is 0 Å². The van der Waals surface area contributed by atoms with Crippen molar-refractivity contribution in [3.8, 4) is 0 Å². The number of nitrogens with one attached hydrogen (secondary N) is 1. The Hall–Kier alpha value is -1.38. The first kappa shape index (κ1) is 13.6. The van der Waals surface area contributed by atoms with Gasteiger partial charge >= 0.3 is 0 Å². The van der Waals surface area contributed by atoms with E-state index in [2.05, 4.69) is 59.7 Å². The third-order valence-corrected chi connectivity index (χ3v) is 4.51. The fraction of sp³-hybridized carbons (Fsp3) is 0.444.